The zero-order chi connectivity index (χ0) is 9.80. The molecule has 0 atom stereocenters. The van der Waals surface area contributed by atoms with E-state index in [4.69, 9.17) is 5.26 Å². The van der Waals surface area contributed by atoms with E-state index in [1.165, 1.54) is 0 Å². The third-order valence-electron chi connectivity index (χ3n) is 1.99. The third kappa shape index (κ3) is 1.64. The van der Waals surface area contributed by atoms with Crippen molar-refractivity contribution in [3.63, 3.8) is 0 Å². The number of fused-ring (bicyclic) bond motifs is 1. The van der Waals surface area contributed by atoms with Crippen LogP contribution in [-0.4, -0.2) is 10.2 Å². The summed E-state index contributed by atoms with van der Waals surface area (Å²) >= 11 is 0. The van der Waals surface area contributed by atoms with Crippen LogP contribution < -0.4 is 0 Å². The predicted molar refractivity (Wildman–Crippen MR) is 55.4 cm³/mol. The zero-order valence-electron chi connectivity index (χ0n) is 7.57. The van der Waals surface area contributed by atoms with Gasteiger partial charge in [0.1, 0.15) is 0 Å². The van der Waals surface area contributed by atoms with Gasteiger partial charge in [0, 0.05) is 5.39 Å². The number of nitrogens with zero attached hydrogens (tertiary/aromatic N) is 2. The number of aromatic amines is 1. The van der Waals surface area contributed by atoms with Crippen LogP contribution in [0, 0.1) is 11.3 Å². The Balaban J connectivity index is 2.31. The van der Waals surface area contributed by atoms with Crippen molar-refractivity contribution < 1.29 is 0 Å². The first kappa shape index (κ1) is 8.52. The third-order valence-corrected chi connectivity index (χ3v) is 1.99. The zero-order valence-corrected chi connectivity index (χ0v) is 7.57. The number of hydrogen-bond donors (Lipinski definition) is 1. The fraction of sp³-hybridized carbons (Fsp3) is 0.0909. The Bertz CT molecular complexity index is 502. The molecule has 2 rings (SSSR count). The lowest BCUT2D eigenvalue weighted by molar-refractivity contribution is 1.12. The van der Waals surface area contributed by atoms with Crippen molar-refractivity contribution in [1.82, 2.24) is 10.2 Å². The summed E-state index contributed by atoms with van der Waals surface area (Å²) in [5, 5.41) is 16.3. The summed E-state index contributed by atoms with van der Waals surface area (Å²) in [4.78, 5) is 0. The van der Waals surface area contributed by atoms with E-state index in [0.29, 0.717) is 6.42 Å². The standard InChI is InChI=1S/C11H9N3/c12-6-2-1-3-9-4-5-10-8-13-14-11(10)7-9/h1,3-5,7-8H,2H2,(H,13,14). The van der Waals surface area contributed by atoms with Crippen molar-refractivity contribution in [3.05, 3.63) is 36.0 Å². The first-order chi connectivity index (χ1) is 6.90. The number of aromatic nitrogens is 2. The van der Waals surface area contributed by atoms with Gasteiger partial charge in [-0.1, -0.05) is 24.3 Å². The molecule has 0 saturated heterocycles. The molecule has 1 N–H and O–H groups in total. The van der Waals surface area contributed by atoms with Crippen molar-refractivity contribution >= 4 is 17.0 Å². The van der Waals surface area contributed by atoms with Crippen LogP contribution in [-0.2, 0) is 0 Å². The molecule has 3 heteroatoms. The van der Waals surface area contributed by atoms with Gasteiger partial charge < -0.3 is 0 Å². The van der Waals surface area contributed by atoms with Gasteiger partial charge in [0.25, 0.3) is 0 Å². The smallest absolute Gasteiger partial charge is 0.0663 e. The Kier molecular flexibility index (Phi) is 2.28. The van der Waals surface area contributed by atoms with E-state index < -0.39 is 0 Å². The minimum Gasteiger partial charge on any atom is -0.278 e. The molecular formula is C11H9N3. The van der Waals surface area contributed by atoms with E-state index in [9.17, 15) is 0 Å². The molecule has 1 aromatic carbocycles. The Morgan fingerprint density at radius 1 is 1.50 bits per heavy atom. The van der Waals surface area contributed by atoms with E-state index in [-0.39, 0.29) is 0 Å². The number of nitriles is 1. The average molecular weight is 183 g/mol. The van der Waals surface area contributed by atoms with Gasteiger partial charge in [0.05, 0.1) is 24.2 Å². The van der Waals surface area contributed by atoms with Gasteiger partial charge in [-0.25, -0.2) is 0 Å². The fourth-order valence-electron chi connectivity index (χ4n) is 1.31. The van der Waals surface area contributed by atoms with E-state index in [0.717, 1.165) is 16.5 Å². The first-order valence-corrected chi connectivity index (χ1v) is 4.37. The van der Waals surface area contributed by atoms with Crippen LogP contribution in [0.3, 0.4) is 0 Å². The minimum atomic E-state index is 0.445. The summed E-state index contributed by atoms with van der Waals surface area (Å²) in [5.74, 6) is 0. The molecule has 1 heterocycles. The summed E-state index contributed by atoms with van der Waals surface area (Å²) in [6.45, 7) is 0. The van der Waals surface area contributed by atoms with Gasteiger partial charge in [-0.3, -0.25) is 5.10 Å². The highest BCUT2D eigenvalue weighted by molar-refractivity contribution is 5.80. The van der Waals surface area contributed by atoms with Gasteiger partial charge in [-0.15, -0.1) is 0 Å². The number of H-pyrrole nitrogens is 1. The molecule has 0 amide bonds. The average Bonchev–Trinajstić information content (AvgIpc) is 2.65. The fourth-order valence-corrected chi connectivity index (χ4v) is 1.31. The maximum absolute atomic E-state index is 8.37. The lowest BCUT2D eigenvalue weighted by Crippen LogP contribution is -1.73. The number of nitrogens with one attached hydrogen (secondary N) is 1. The predicted octanol–water partition coefficient (Wildman–Crippen LogP) is 2.49. The Morgan fingerprint density at radius 2 is 2.43 bits per heavy atom. The molecule has 2 aromatic rings. The molecule has 0 radical (unpaired) electrons. The molecule has 0 saturated carbocycles. The van der Waals surface area contributed by atoms with Crippen LogP contribution in [0.25, 0.3) is 17.0 Å². The molecular weight excluding hydrogens is 174 g/mol. The van der Waals surface area contributed by atoms with Crippen molar-refractivity contribution in [2.75, 3.05) is 0 Å². The van der Waals surface area contributed by atoms with Crippen molar-refractivity contribution in [2.24, 2.45) is 0 Å². The molecule has 14 heavy (non-hydrogen) atoms. The normalized spacial score (nSPS) is 10.8. The summed E-state index contributed by atoms with van der Waals surface area (Å²) in [5.41, 5.74) is 2.10. The lowest BCUT2D eigenvalue weighted by atomic mass is 10.1. The lowest BCUT2D eigenvalue weighted by Gasteiger charge is -1.92. The highest BCUT2D eigenvalue weighted by Gasteiger charge is 1.94. The second-order valence-corrected chi connectivity index (χ2v) is 2.98. The maximum atomic E-state index is 8.37. The SMILES string of the molecule is N#CCC=Cc1ccc2cn[nH]c2c1. The molecule has 1 aromatic heterocycles. The number of benzene rings is 1. The van der Waals surface area contributed by atoms with Gasteiger partial charge in [0.2, 0.25) is 0 Å². The van der Waals surface area contributed by atoms with Crippen LogP contribution in [0.5, 0.6) is 0 Å². The molecule has 0 aliphatic rings. The Morgan fingerprint density at radius 3 is 3.29 bits per heavy atom. The molecule has 0 spiro atoms. The van der Waals surface area contributed by atoms with Crippen LogP contribution >= 0.6 is 0 Å². The molecule has 0 unspecified atom stereocenters. The summed E-state index contributed by atoms with van der Waals surface area (Å²) in [7, 11) is 0. The highest BCUT2D eigenvalue weighted by atomic mass is 15.1. The van der Waals surface area contributed by atoms with Gasteiger partial charge in [0.15, 0.2) is 0 Å². The Labute approximate surface area is 81.7 Å². The van der Waals surface area contributed by atoms with Crippen LogP contribution in [0.15, 0.2) is 30.5 Å². The van der Waals surface area contributed by atoms with Crippen molar-refractivity contribution in [3.8, 4) is 6.07 Å². The molecule has 68 valence electrons. The maximum Gasteiger partial charge on any atom is 0.0663 e. The largest absolute Gasteiger partial charge is 0.278 e. The number of rotatable bonds is 2. The molecule has 0 bridgehead atoms. The topological polar surface area (TPSA) is 52.5 Å². The van der Waals surface area contributed by atoms with Crippen molar-refractivity contribution in [2.45, 2.75) is 6.42 Å². The van der Waals surface area contributed by atoms with E-state index in [1.807, 2.05) is 30.4 Å². The van der Waals surface area contributed by atoms with E-state index in [2.05, 4.69) is 16.3 Å². The second-order valence-electron chi connectivity index (χ2n) is 2.98. The molecule has 0 aliphatic carbocycles. The van der Waals surface area contributed by atoms with Gasteiger partial charge in [-0.05, 0) is 11.6 Å². The minimum absolute atomic E-state index is 0.445. The number of allylic oxidation sites excluding steroid dienone is 1. The van der Waals surface area contributed by atoms with E-state index in [1.54, 1.807) is 6.20 Å². The molecule has 0 fully saturated rings. The monoisotopic (exact) mass is 183 g/mol. The van der Waals surface area contributed by atoms with Crippen LogP contribution in [0.2, 0.25) is 0 Å². The molecule has 3 nitrogen and oxygen atoms in total. The first-order valence-electron chi connectivity index (χ1n) is 4.37. The Hall–Kier alpha value is -2.08. The van der Waals surface area contributed by atoms with E-state index >= 15 is 0 Å². The summed E-state index contributed by atoms with van der Waals surface area (Å²) in [6, 6.07) is 8.08. The van der Waals surface area contributed by atoms with Crippen LogP contribution in [0.1, 0.15) is 12.0 Å². The quantitative estimate of drug-likeness (QED) is 0.777. The number of hydrogen-bond acceptors (Lipinski definition) is 2. The second kappa shape index (κ2) is 3.75. The molecule has 0 aliphatic heterocycles. The van der Waals surface area contributed by atoms with Crippen molar-refractivity contribution in [1.29, 1.82) is 5.26 Å². The highest BCUT2D eigenvalue weighted by Crippen LogP contribution is 2.13. The van der Waals surface area contributed by atoms with Crippen LogP contribution in [0.4, 0.5) is 0 Å². The summed E-state index contributed by atoms with van der Waals surface area (Å²) in [6.07, 6.45) is 6.01. The van der Waals surface area contributed by atoms with Gasteiger partial charge >= 0.3 is 0 Å². The van der Waals surface area contributed by atoms with Gasteiger partial charge in [-0.2, -0.15) is 10.4 Å². The summed E-state index contributed by atoms with van der Waals surface area (Å²) < 4.78 is 0.